The molecule has 1 aromatic heterocycles. The lowest BCUT2D eigenvalue weighted by atomic mass is 10.00. The normalized spacial score (nSPS) is 14.5. The molecule has 0 fully saturated rings. The maximum absolute atomic E-state index is 13.4. The number of para-hydroxylation sites is 2. The summed E-state index contributed by atoms with van der Waals surface area (Å²) in [6, 6.07) is 14.1. The summed E-state index contributed by atoms with van der Waals surface area (Å²) in [5, 5.41) is 0. The third-order valence-corrected chi connectivity index (χ3v) is 4.68. The molecule has 4 nitrogen and oxygen atoms in total. The van der Waals surface area contributed by atoms with Crippen molar-refractivity contribution in [1.82, 2.24) is 14.5 Å². The average molecular weight is 359 g/mol. The lowest BCUT2D eigenvalue weighted by Crippen LogP contribution is -2.38. The molecule has 0 atom stereocenters. The van der Waals surface area contributed by atoms with Crippen LogP contribution in [0.3, 0.4) is 0 Å². The standard InChI is InChI=1S/C19H16F3N3O/c20-19(21,22)18-23-15-7-3-4-8-16(15)25(18)12-17(26)24-10-9-13-5-1-2-6-14(13)11-24/h1-8H,9-12H2. The Kier molecular flexibility index (Phi) is 3.94. The van der Waals surface area contributed by atoms with Crippen LogP contribution in [0.5, 0.6) is 0 Å². The molecule has 0 N–H and O–H groups in total. The highest BCUT2D eigenvalue weighted by molar-refractivity contribution is 5.81. The molecule has 3 aromatic rings. The van der Waals surface area contributed by atoms with Gasteiger partial charge in [-0.05, 0) is 29.7 Å². The van der Waals surface area contributed by atoms with Crippen LogP contribution in [0.25, 0.3) is 11.0 Å². The van der Waals surface area contributed by atoms with Crippen LogP contribution in [0.2, 0.25) is 0 Å². The number of imidazole rings is 1. The number of halogens is 3. The van der Waals surface area contributed by atoms with Crippen LogP contribution in [0.1, 0.15) is 17.0 Å². The van der Waals surface area contributed by atoms with E-state index < -0.39 is 12.0 Å². The van der Waals surface area contributed by atoms with E-state index in [1.165, 1.54) is 11.6 Å². The Morgan fingerprint density at radius 2 is 1.73 bits per heavy atom. The van der Waals surface area contributed by atoms with E-state index in [1.807, 2.05) is 24.3 Å². The summed E-state index contributed by atoms with van der Waals surface area (Å²) < 4.78 is 41.1. The molecule has 1 aliphatic heterocycles. The van der Waals surface area contributed by atoms with Crippen LogP contribution in [0.15, 0.2) is 48.5 Å². The molecule has 134 valence electrons. The molecule has 7 heteroatoms. The van der Waals surface area contributed by atoms with Gasteiger partial charge in [0.1, 0.15) is 6.54 Å². The van der Waals surface area contributed by atoms with E-state index in [0.29, 0.717) is 25.0 Å². The van der Waals surface area contributed by atoms with Gasteiger partial charge in [0.05, 0.1) is 11.0 Å². The molecule has 0 radical (unpaired) electrons. The maximum atomic E-state index is 13.4. The molecule has 4 rings (SSSR count). The predicted molar refractivity (Wildman–Crippen MR) is 90.3 cm³/mol. The third kappa shape index (κ3) is 2.94. The summed E-state index contributed by atoms with van der Waals surface area (Å²) in [7, 11) is 0. The van der Waals surface area contributed by atoms with E-state index in [9.17, 15) is 18.0 Å². The van der Waals surface area contributed by atoms with Crippen LogP contribution in [-0.4, -0.2) is 26.9 Å². The van der Waals surface area contributed by atoms with Gasteiger partial charge in [-0.2, -0.15) is 13.2 Å². The van der Waals surface area contributed by atoms with Gasteiger partial charge in [0.2, 0.25) is 11.7 Å². The first-order chi connectivity index (χ1) is 12.4. The van der Waals surface area contributed by atoms with Gasteiger partial charge < -0.3 is 9.47 Å². The minimum Gasteiger partial charge on any atom is -0.336 e. The van der Waals surface area contributed by atoms with Gasteiger partial charge in [-0.15, -0.1) is 0 Å². The van der Waals surface area contributed by atoms with E-state index >= 15 is 0 Å². The monoisotopic (exact) mass is 359 g/mol. The van der Waals surface area contributed by atoms with E-state index in [0.717, 1.165) is 10.1 Å². The summed E-state index contributed by atoms with van der Waals surface area (Å²) >= 11 is 0. The van der Waals surface area contributed by atoms with Crippen molar-refractivity contribution >= 4 is 16.9 Å². The number of amides is 1. The zero-order chi connectivity index (χ0) is 18.3. The van der Waals surface area contributed by atoms with Crippen LogP contribution in [-0.2, 0) is 30.5 Å². The molecule has 0 bridgehead atoms. The Morgan fingerprint density at radius 1 is 1.04 bits per heavy atom. The lowest BCUT2D eigenvalue weighted by Gasteiger charge is -2.29. The van der Waals surface area contributed by atoms with Crippen molar-refractivity contribution in [2.45, 2.75) is 25.7 Å². The Labute approximate surface area is 147 Å². The number of aromatic nitrogens is 2. The van der Waals surface area contributed by atoms with Crippen LogP contribution in [0.4, 0.5) is 13.2 Å². The lowest BCUT2D eigenvalue weighted by molar-refractivity contribution is -0.148. The highest BCUT2D eigenvalue weighted by atomic mass is 19.4. The van der Waals surface area contributed by atoms with Gasteiger partial charge in [-0.3, -0.25) is 4.79 Å². The third-order valence-electron chi connectivity index (χ3n) is 4.68. The number of alkyl halides is 3. The minimum atomic E-state index is -4.62. The van der Waals surface area contributed by atoms with Crippen molar-refractivity contribution in [2.24, 2.45) is 0 Å². The molecule has 0 spiro atoms. The number of nitrogens with zero attached hydrogens (tertiary/aromatic N) is 3. The molecule has 2 aromatic carbocycles. The summed E-state index contributed by atoms with van der Waals surface area (Å²) in [6.45, 7) is 0.546. The highest BCUT2D eigenvalue weighted by Crippen LogP contribution is 2.31. The fourth-order valence-electron chi connectivity index (χ4n) is 3.40. The van der Waals surface area contributed by atoms with Gasteiger partial charge >= 0.3 is 6.18 Å². The second-order valence-corrected chi connectivity index (χ2v) is 6.34. The molecule has 0 unspecified atom stereocenters. The molecular formula is C19H16F3N3O. The molecule has 26 heavy (non-hydrogen) atoms. The highest BCUT2D eigenvalue weighted by Gasteiger charge is 2.38. The van der Waals surface area contributed by atoms with Crippen LogP contribution in [0, 0.1) is 0 Å². The van der Waals surface area contributed by atoms with E-state index in [1.54, 1.807) is 23.1 Å². The van der Waals surface area contributed by atoms with Crippen molar-refractivity contribution < 1.29 is 18.0 Å². The zero-order valence-electron chi connectivity index (χ0n) is 13.8. The van der Waals surface area contributed by atoms with E-state index in [2.05, 4.69) is 4.98 Å². The number of carbonyl (C=O) groups excluding carboxylic acids is 1. The minimum absolute atomic E-state index is 0.233. The van der Waals surface area contributed by atoms with Crippen molar-refractivity contribution in [2.75, 3.05) is 6.54 Å². The zero-order valence-corrected chi connectivity index (χ0v) is 13.8. The maximum Gasteiger partial charge on any atom is 0.449 e. The first-order valence-corrected chi connectivity index (χ1v) is 8.30. The van der Waals surface area contributed by atoms with Crippen molar-refractivity contribution in [3.63, 3.8) is 0 Å². The number of rotatable bonds is 2. The number of carbonyl (C=O) groups is 1. The van der Waals surface area contributed by atoms with E-state index in [-0.39, 0.29) is 18.0 Å². The number of hydrogen-bond donors (Lipinski definition) is 0. The van der Waals surface area contributed by atoms with Gasteiger partial charge in [0.25, 0.3) is 0 Å². The van der Waals surface area contributed by atoms with Gasteiger partial charge in [-0.1, -0.05) is 36.4 Å². The molecule has 1 amide bonds. The molecular weight excluding hydrogens is 343 g/mol. The average Bonchev–Trinajstić information content (AvgIpc) is 3.00. The first kappa shape index (κ1) is 16.6. The van der Waals surface area contributed by atoms with Crippen LogP contribution >= 0.6 is 0 Å². The van der Waals surface area contributed by atoms with Crippen molar-refractivity contribution in [3.05, 3.63) is 65.5 Å². The predicted octanol–water partition coefficient (Wildman–Crippen LogP) is 3.64. The van der Waals surface area contributed by atoms with Crippen LogP contribution < -0.4 is 0 Å². The first-order valence-electron chi connectivity index (χ1n) is 8.30. The van der Waals surface area contributed by atoms with Gasteiger partial charge in [0.15, 0.2) is 0 Å². The fourth-order valence-corrected chi connectivity index (χ4v) is 3.40. The smallest absolute Gasteiger partial charge is 0.336 e. The molecule has 2 heterocycles. The number of fused-ring (bicyclic) bond motifs is 2. The van der Waals surface area contributed by atoms with Gasteiger partial charge in [0, 0.05) is 13.1 Å². The Hall–Kier alpha value is -2.83. The molecule has 1 aliphatic rings. The fraction of sp³-hybridized carbons (Fsp3) is 0.263. The summed E-state index contributed by atoms with van der Waals surface area (Å²) in [6.07, 6.45) is -3.91. The summed E-state index contributed by atoms with van der Waals surface area (Å²) in [4.78, 5) is 18.0. The molecule has 0 aliphatic carbocycles. The topological polar surface area (TPSA) is 38.1 Å². The Balaban J connectivity index is 1.64. The summed E-state index contributed by atoms with van der Waals surface area (Å²) in [5.74, 6) is -1.38. The second kappa shape index (κ2) is 6.16. The van der Waals surface area contributed by atoms with Crippen molar-refractivity contribution in [3.8, 4) is 0 Å². The Morgan fingerprint density at radius 3 is 2.50 bits per heavy atom. The molecule has 0 saturated carbocycles. The SMILES string of the molecule is O=C(Cn1c(C(F)(F)F)nc2ccccc21)N1CCc2ccccc2C1. The van der Waals surface area contributed by atoms with Crippen molar-refractivity contribution in [1.29, 1.82) is 0 Å². The second-order valence-electron chi connectivity index (χ2n) is 6.34. The molecule has 0 saturated heterocycles. The van der Waals surface area contributed by atoms with Gasteiger partial charge in [-0.25, -0.2) is 4.98 Å². The largest absolute Gasteiger partial charge is 0.449 e. The number of benzene rings is 2. The summed E-state index contributed by atoms with van der Waals surface area (Å²) in [5.41, 5.74) is 2.77. The Bertz CT molecular complexity index is 978. The van der Waals surface area contributed by atoms with E-state index in [4.69, 9.17) is 0 Å². The number of hydrogen-bond acceptors (Lipinski definition) is 2. The quantitative estimate of drug-likeness (QED) is 0.701.